The summed E-state index contributed by atoms with van der Waals surface area (Å²) in [6.45, 7) is 4.08. The summed E-state index contributed by atoms with van der Waals surface area (Å²) in [5.74, 6) is 0. The van der Waals surface area contributed by atoms with E-state index >= 15 is 0 Å². The largest absolute Gasteiger partial charge is 0.340 e. The van der Waals surface area contributed by atoms with Gasteiger partial charge in [-0.25, -0.2) is 0 Å². The molecule has 4 atom stereocenters. The Kier molecular flexibility index (Phi) is 9.87. The molecule has 4 unspecified atom stereocenters. The molecule has 0 saturated heterocycles. The minimum absolute atomic E-state index is 0.219. The predicted molar refractivity (Wildman–Crippen MR) is 69.5 cm³/mol. The molecule has 0 aliphatic carbocycles. The van der Waals surface area contributed by atoms with Gasteiger partial charge in [-0.05, 0) is 12.8 Å². The van der Waals surface area contributed by atoms with Crippen LogP contribution in [0.1, 0.15) is 39.5 Å². The molecule has 0 fully saturated rings. The van der Waals surface area contributed by atoms with Crippen LogP contribution in [0.25, 0.3) is 0 Å². The lowest BCUT2D eigenvalue weighted by molar-refractivity contribution is 0.0740. The Labute approximate surface area is 112 Å². The maximum Gasteiger partial charge on any atom is 0.149 e. The van der Waals surface area contributed by atoms with Crippen LogP contribution in [0.5, 0.6) is 0 Å². The lowest BCUT2D eigenvalue weighted by Crippen LogP contribution is -2.27. The second kappa shape index (κ2) is 9.18. The van der Waals surface area contributed by atoms with Crippen molar-refractivity contribution in [1.29, 1.82) is 0 Å². The molecule has 15 heavy (non-hydrogen) atoms. The molecule has 0 N–H and O–H groups in total. The van der Waals surface area contributed by atoms with E-state index in [1.807, 2.05) is 13.8 Å². The van der Waals surface area contributed by atoms with Crippen molar-refractivity contribution in [1.82, 2.24) is 0 Å². The first kappa shape index (κ1) is 16.1. The van der Waals surface area contributed by atoms with Crippen molar-refractivity contribution in [3.05, 3.63) is 0 Å². The summed E-state index contributed by atoms with van der Waals surface area (Å²) in [7, 11) is 0. The zero-order chi connectivity index (χ0) is 11.8. The lowest BCUT2D eigenvalue weighted by atomic mass is 10.2. The van der Waals surface area contributed by atoms with Crippen molar-refractivity contribution in [2.45, 2.75) is 61.4 Å². The minimum atomic E-state index is -0.577. The van der Waals surface area contributed by atoms with Crippen molar-refractivity contribution >= 4 is 46.4 Å². The van der Waals surface area contributed by atoms with Crippen molar-refractivity contribution < 1.29 is 4.74 Å². The summed E-state index contributed by atoms with van der Waals surface area (Å²) < 4.78 is 5.35. The zero-order valence-electron chi connectivity index (χ0n) is 9.06. The van der Waals surface area contributed by atoms with Crippen LogP contribution in [0.4, 0.5) is 0 Å². The first-order valence-electron chi connectivity index (χ1n) is 5.24. The molecule has 0 aromatic rings. The van der Waals surface area contributed by atoms with Crippen LogP contribution < -0.4 is 0 Å². The van der Waals surface area contributed by atoms with Gasteiger partial charge in [-0.2, -0.15) is 0 Å². The normalized spacial score (nSPS) is 19.6. The third-order valence-electron chi connectivity index (χ3n) is 1.96. The van der Waals surface area contributed by atoms with Crippen LogP contribution in [-0.4, -0.2) is 21.9 Å². The van der Waals surface area contributed by atoms with E-state index in [2.05, 4.69) is 0 Å². The zero-order valence-corrected chi connectivity index (χ0v) is 12.1. The molecule has 0 aliphatic rings. The molecule has 92 valence electrons. The molecular formula is C10H18Cl4O. The Hall–Kier alpha value is 1.12. The Morgan fingerprint density at radius 3 is 1.40 bits per heavy atom. The average molecular weight is 296 g/mol. The standard InChI is InChI=1S/C10H18Cl4O/c1-3-5-7(11)9(13)15-10(14)8(12)6-4-2/h7-10H,3-6H2,1-2H3. The van der Waals surface area contributed by atoms with Gasteiger partial charge in [0.05, 0.1) is 10.8 Å². The van der Waals surface area contributed by atoms with Crippen molar-refractivity contribution in [3.8, 4) is 0 Å². The first-order valence-corrected chi connectivity index (χ1v) is 6.99. The molecule has 0 rings (SSSR count). The summed E-state index contributed by atoms with van der Waals surface area (Å²) >= 11 is 23.9. The molecule has 0 bridgehead atoms. The van der Waals surface area contributed by atoms with Gasteiger partial charge in [0.15, 0.2) is 0 Å². The minimum Gasteiger partial charge on any atom is -0.340 e. The number of ether oxygens (including phenoxy) is 1. The molecule has 5 heteroatoms. The fourth-order valence-corrected chi connectivity index (χ4v) is 2.19. The quantitative estimate of drug-likeness (QED) is 0.576. The van der Waals surface area contributed by atoms with Gasteiger partial charge in [0.1, 0.15) is 11.1 Å². The smallest absolute Gasteiger partial charge is 0.149 e. The Balaban J connectivity index is 3.88. The molecule has 0 radical (unpaired) electrons. The van der Waals surface area contributed by atoms with Gasteiger partial charge in [-0.1, -0.05) is 49.9 Å². The molecular weight excluding hydrogens is 278 g/mol. The van der Waals surface area contributed by atoms with Crippen molar-refractivity contribution in [3.63, 3.8) is 0 Å². The maximum atomic E-state index is 6.00. The molecule has 0 aliphatic heterocycles. The van der Waals surface area contributed by atoms with Crippen LogP contribution in [0, 0.1) is 0 Å². The van der Waals surface area contributed by atoms with Gasteiger partial charge in [-0.15, -0.1) is 23.2 Å². The number of alkyl halides is 4. The van der Waals surface area contributed by atoms with Gasteiger partial charge in [0.25, 0.3) is 0 Å². The summed E-state index contributed by atoms with van der Waals surface area (Å²) in [5, 5.41) is -0.438. The fourth-order valence-electron chi connectivity index (χ4n) is 1.11. The third kappa shape index (κ3) is 7.12. The molecule has 1 nitrogen and oxygen atoms in total. The third-order valence-corrected chi connectivity index (χ3v) is 3.92. The number of rotatable bonds is 8. The van der Waals surface area contributed by atoms with E-state index in [0.29, 0.717) is 0 Å². The highest BCUT2D eigenvalue weighted by molar-refractivity contribution is 6.31. The molecule has 0 amide bonds. The second-order valence-corrected chi connectivity index (χ2v) is 5.43. The van der Waals surface area contributed by atoms with E-state index in [4.69, 9.17) is 51.1 Å². The highest BCUT2D eigenvalue weighted by Crippen LogP contribution is 2.24. The van der Waals surface area contributed by atoms with Crippen LogP contribution in [-0.2, 0) is 4.74 Å². The Morgan fingerprint density at radius 1 is 0.800 bits per heavy atom. The lowest BCUT2D eigenvalue weighted by Gasteiger charge is -2.22. The van der Waals surface area contributed by atoms with Gasteiger partial charge >= 0.3 is 0 Å². The summed E-state index contributed by atoms with van der Waals surface area (Å²) in [4.78, 5) is 0. The average Bonchev–Trinajstić information content (AvgIpc) is 2.18. The van der Waals surface area contributed by atoms with E-state index in [9.17, 15) is 0 Å². The van der Waals surface area contributed by atoms with Crippen LogP contribution in [0.2, 0.25) is 0 Å². The van der Waals surface area contributed by atoms with Crippen LogP contribution in [0.3, 0.4) is 0 Å². The highest BCUT2D eigenvalue weighted by atomic mass is 35.5. The van der Waals surface area contributed by atoms with E-state index in [1.165, 1.54) is 0 Å². The van der Waals surface area contributed by atoms with E-state index < -0.39 is 11.1 Å². The summed E-state index contributed by atoms with van der Waals surface area (Å²) in [6, 6.07) is 0. The monoisotopic (exact) mass is 294 g/mol. The summed E-state index contributed by atoms with van der Waals surface area (Å²) in [6.07, 6.45) is 3.54. The van der Waals surface area contributed by atoms with Crippen molar-refractivity contribution in [2.75, 3.05) is 0 Å². The molecule has 0 saturated carbocycles. The number of halogens is 4. The Morgan fingerprint density at radius 2 is 1.13 bits per heavy atom. The molecule has 0 aromatic heterocycles. The van der Waals surface area contributed by atoms with E-state index in [1.54, 1.807) is 0 Å². The van der Waals surface area contributed by atoms with Gasteiger partial charge in [-0.3, -0.25) is 0 Å². The van der Waals surface area contributed by atoms with Gasteiger partial charge in [0.2, 0.25) is 0 Å². The SMILES string of the molecule is CCCC(Cl)C(Cl)OC(Cl)C(Cl)CCC. The number of hydrogen-bond acceptors (Lipinski definition) is 1. The molecule has 0 heterocycles. The maximum absolute atomic E-state index is 6.00. The van der Waals surface area contributed by atoms with Gasteiger partial charge < -0.3 is 4.74 Å². The van der Waals surface area contributed by atoms with Crippen molar-refractivity contribution in [2.24, 2.45) is 0 Å². The molecule has 0 spiro atoms. The van der Waals surface area contributed by atoms with E-state index in [0.717, 1.165) is 25.7 Å². The first-order chi connectivity index (χ1) is 7.02. The topological polar surface area (TPSA) is 9.23 Å². The Bertz CT molecular complexity index is 140. The second-order valence-electron chi connectivity index (χ2n) is 3.45. The summed E-state index contributed by atoms with van der Waals surface area (Å²) in [5.41, 5.74) is -1.15. The highest BCUT2D eigenvalue weighted by Gasteiger charge is 2.24. The fraction of sp³-hybridized carbons (Fsp3) is 1.00. The van der Waals surface area contributed by atoms with Crippen LogP contribution in [0.15, 0.2) is 0 Å². The van der Waals surface area contributed by atoms with Gasteiger partial charge in [0, 0.05) is 0 Å². The predicted octanol–water partition coefficient (Wildman–Crippen LogP) is 4.95. The molecule has 0 aromatic carbocycles. The van der Waals surface area contributed by atoms with E-state index in [-0.39, 0.29) is 10.8 Å². The number of hydrogen-bond donors (Lipinski definition) is 0. The van der Waals surface area contributed by atoms with Crippen LogP contribution >= 0.6 is 46.4 Å².